The van der Waals surface area contributed by atoms with E-state index in [1.807, 2.05) is 0 Å². The van der Waals surface area contributed by atoms with Crippen LogP contribution in [0.1, 0.15) is 52.4 Å². The first-order valence-corrected chi connectivity index (χ1v) is 6.82. The Balaban J connectivity index is 1.82. The Kier molecular flexibility index (Phi) is 3.68. The molecule has 1 aliphatic carbocycles. The molecule has 0 aromatic carbocycles. The minimum Gasteiger partial charge on any atom is -0.298 e. The number of carbonyl (C=O) groups is 1. The predicted molar refractivity (Wildman–Crippen MR) is 66.4 cm³/mol. The number of carbonyl (C=O) groups excluding carboxylic acids is 1. The Hall–Kier alpha value is -0.370. The number of ketones is 1. The van der Waals surface area contributed by atoms with Crippen LogP contribution >= 0.6 is 0 Å². The van der Waals surface area contributed by atoms with Crippen LogP contribution in [0.5, 0.6) is 0 Å². The van der Waals surface area contributed by atoms with Gasteiger partial charge in [-0.25, -0.2) is 0 Å². The van der Waals surface area contributed by atoms with Gasteiger partial charge in [-0.15, -0.1) is 0 Å². The molecule has 0 atom stereocenters. The molecule has 2 nitrogen and oxygen atoms in total. The molecule has 0 unspecified atom stereocenters. The second kappa shape index (κ2) is 4.87. The Bertz CT molecular complexity index is 253. The molecule has 0 amide bonds. The first-order chi connectivity index (χ1) is 7.57. The van der Waals surface area contributed by atoms with E-state index in [4.69, 9.17) is 0 Å². The quantitative estimate of drug-likeness (QED) is 0.733. The molecule has 1 saturated carbocycles. The summed E-state index contributed by atoms with van der Waals surface area (Å²) in [5.74, 6) is 0.903. The van der Waals surface area contributed by atoms with Crippen LogP contribution in [-0.4, -0.2) is 30.3 Å². The third-order valence-corrected chi connectivity index (χ3v) is 4.17. The lowest BCUT2D eigenvalue weighted by Crippen LogP contribution is -2.43. The van der Waals surface area contributed by atoms with Crippen LogP contribution in [0, 0.1) is 11.3 Å². The summed E-state index contributed by atoms with van der Waals surface area (Å²) in [6, 6.07) is 0. The first kappa shape index (κ1) is 12.1. The smallest absolute Gasteiger partial charge is 0.149 e. The summed E-state index contributed by atoms with van der Waals surface area (Å²) in [7, 11) is 0. The number of rotatable bonds is 3. The summed E-state index contributed by atoms with van der Waals surface area (Å²) in [5.41, 5.74) is 0.411. The van der Waals surface area contributed by atoms with Gasteiger partial charge < -0.3 is 0 Å². The van der Waals surface area contributed by atoms with Crippen LogP contribution in [0.2, 0.25) is 0 Å². The third kappa shape index (κ3) is 3.07. The van der Waals surface area contributed by atoms with Crippen molar-refractivity contribution in [3.63, 3.8) is 0 Å². The average Bonchev–Trinajstić information content (AvgIpc) is 2.68. The predicted octanol–water partition coefficient (Wildman–Crippen LogP) is 2.87. The first-order valence-electron chi connectivity index (χ1n) is 6.82. The van der Waals surface area contributed by atoms with Crippen molar-refractivity contribution >= 4 is 5.78 Å². The van der Waals surface area contributed by atoms with Gasteiger partial charge in [0.1, 0.15) is 5.78 Å². The van der Waals surface area contributed by atoms with Gasteiger partial charge in [0.15, 0.2) is 0 Å². The molecule has 0 spiro atoms. The second-order valence-corrected chi connectivity index (χ2v) is 6.43. The van der Waals surface area contributed by atoms with E-state index in [9.17, 15) is 4.79 Å². The van der Waals surface area contributed by atoms with E-state index in [1.165, 1.54) is 25.7 Å². The maximum Gasteiger partial charge on any atom is 0.149 e. The van der Waals surface area contributed by atoms with Crippen LogP contribution in [0.15, 0.2) is 0 Å². The van der Waals surface area contributed by atoms with Crippen LogP contribution in [0.4, 0.5) is 0 Å². The lowest BCUT2D eigenvalue weighted by molar-refractivity contribution is -0.124. The van der Waals surface area contributed by atoms with Gasteiger partial charge in [0.05, 0.1) is 6.54 Å². The monoisotopic (exact) mass is 223 g/mol. The summed E-state index contributed by atoms with van der Waals surface area (Å²) >= 11 is 0. The fraction of sp³-hybridized carbons (Fsp3) is 0.929. The number of hydrogen-bond donors (Lipinski definition) is 0. The largest absolute Gasteiger partial charge is 0.298 e. The Morgan fingerprint density at radius 1 is 1.25 bits per heavy atom. The molecule has 1 aliphatic heterocycles. The van der Waals surface area contributed by atoms with Crippen molar-refractivity contribution in [3.8, 4) is 0 Å². The van der Waals surface area contributed by atoms with Gasteiger partial charge >= 0.3 is 0 Å². The molecule has 2 fully saturated rings. The molecular formula is C14H25NO. The lowest BCUT2D eigenvalue weighted by Gasteiger charge is -2.38. The van der Waals surface area contributed by atoms with E-state index in [-0.39, 0.29) is 0 Å². The Morgan fingerprint density at radius 3 is 2.56 bits per heavy atom. The summed E-state index contributed by atoms with van der Waals surface area (Å²) in [6.45, 7) is 7.58. The molecule has 0 bridgehead atoms. The number of hydrogen-bond acceptors (Lipinski definition) is 2. The molecule has 1 saturated heterocycles. The zero-order valence-electron chi connectivity index (χ0n) is 10.8. The van der Waals surface area contributed by atoms with E-state index in [0.717, 1.165) is 25.9 Å². The number of piperidine rings is 1. The molecule has 0 N–H and O–H groups in total. The van der Waals surface area contributed by atoms with Gasteiger partial charge in [-0.2, -0.15) is 0 Å². The highest BCUT2D eigenvalue weighted by molar-refractivity contribution is 5.83. The highest BCUT2D eigenvalue weighted by atomic mass is 16.1. The fourth-order valence-corrected chi connectivity index (χ4v) is 3.28. The van der Waals surface area contributed by atoms with Crippen LogP contribution in [0.3, 0.4) is 0 Å². The zero-order valence-corrected chi connectivity index (χ0v) is 10.8. The molecule has 92 valence electrons. The van der Waals surface area contributed by atoms with Crippen molar-refractivity contribution in [1.82, 2.24) is 4.90 Å². The summed E-state index contributed by atoms with van der Waals surface area (Å²) in [4.78, 5) is 14.5. The summed E-state index contributed by atoms with van der Waals surface area (Å²) < 4.78 is 0. The van der Waals surface area contributed by atoms with Gasteiger partial charge in [0.25, 0.3) is 0 Å². The van der Waals surface area contributed by atoms with Crippen molar-refractivity contribution in [2.24, 2.45) is 11.3 Å². The molecule has 2 aliphatic rings. The Morgan fingerprint density at radius 2 is 1.94 bits per heavy atom. The topological polar surface area (TPSA) is 20.3 Å². The standard InChI is InChI=1S/C14H25NO/c1-14(2)8-5-9-15(11-14)10-13(16)12-6-3-4-7-12/h12H,3-11H2,1-2H3. The maximum absolute atomic E-state index is 12.1. The van der Waals surface area contributed by atoms with E-state index < -0.39 is 0 Å². The normalized spacial score (nSPS) is 27.1. The van der Waals surface area contributed by atoms with Crippen molar-refractivity contribution < 1.29 is 4.79 Å². The van der Waals surface area contributed by atoms with Crippen molar-refractivity contribution in [3.05, 3.63) is 0 Å². The highest BCUT2D eigenvalue weighted by Crippen LogP contribution is 2.30. The second-order valence-electron chi connectivity index (χ2n) is 6.43. The Labute approximate surface area is 99.4 Å². The molecule has 0 aromatic heterocycles. The SMILES string of the molecule is CC1(C)CCCN(CC(=O)C2CCCC2)C1. The molecule has 0 aromatic rings. The number of nitrogens with zero attached hydrogens (tertiary/aromatic N) is 1. The van der Waals surface area contributed by atoms with Crippen molar-refractivity contribution in [2.75, 3.05) is 19.6 Å². The molecule has 2 heteroatoms. The zero-order chi connectivity index (χ0) is 11.6. The van der Waals surface area contributed by atoms with E-state index >= 15 is 0 Å². The minimum atomic E-state index is 0.394. The molecule has 16 heavy (non-hydrogen) atoms. The van der Waals surface area contributed by atoms with Gasteiger partial charge in [-0.3, -0.25) is 9.69 Å². The maximum atomic E-state index is 12.1. The van der Waals surface area contributed by atoms with E-state index in [2.05, 4.69) is 18.7 Å². The molecule has 0 radical (unpaired) electrons. The lowest BCUT2D eigenvalue weighted by atomic mass is 9.84. The highest BCUT2D eigenvalue weighted by Gasteiger charge is 2.29. The molecular weight excluding hydrogens is 198 g/mol. The van der Waals surface area contributed by atoms with Gasteiger partial charge in [0, 0.05) is 12.5 Å². The third-order valence-electron chi connectivity index (χ3n) is 4.17. The van der Waals surface area contributed by atoms with Gasteiger partial charge in [-0.1, -0.05) is 26.7 Å². The number of likely N-dealkylation sites (tertiary alicyclic amines) is 1. The summed E-state index contributed by atoms with van der Waals surface area (Å²) in [6.07, 6.45) is 7.39. The van der Waals surface area contributed by atoms with Gasteiger partial charge in [0.2, 0.25) is 0 Å². The van der Waals surface area contributed by atoms with E-state index in [0.29, 0.717) is 23.7 Å². The van der Waals surface area contributed by atoms with Crippen molar-refractivity contribution in [1.29, 1.82) is 0 Å². The minimum absolute atomic E-state index is 0.394. The van der Waals surface area contributed by atoms with Gasteiger partial charge in [-0.05, 0) is 37.6 Å². The molecule has 1 heterocycles. The van der Waals surface area contributed by atoms with E-state index in [1.54, 1.807) is 0 Å². The molecule has 2 rings (SSSR count). The fourth-order valence-electron chi connectivity index (χ4n) is 3.28. The van der Waals surface area contributed by atoms with Crippen LogP contribution < -0.4 is 0 Å². The van der Waals surface area contributed by atoms with Crippen molar-refractivity contribution in [2.45, 2.75) is 52.4 Å². The van der Waals surface area contributed by atoms with Crippen LogP contribution in [0.25, 0.3) is 0 Å². The van der Waals surface area contributed by atoms with Crippen LogP contribution in [-0.2, 0) is 4.79 Å². The number of Topliss-reactive ketones (excluding diaryl/α,β-unsaturated/α-hetero) is 1. The summed E-state index contributed by atoms with van der Waals surface area (Å²) in [5, 5.41) is 0. The average molecular weight is 223 g/mol.